The van der Waals surface area contributed by atoms with Gasteiger partial charge in [-0.15, -0.1) is 0 Å². The van der Waals surface area contributed by atoms with E-state index in [1.807, 2.05) is 24.3 Å². The van der Waals surface area contributed by atoms with Crippen LogP contribution in [0.5, 0.6) is 6.08 Å². The third-order valence-electron chi connectivity index (χ3n) is 16.8. The number of carbonyl (C=O) groups is 8. The third-order valence-corrected chi connectivity index (χ3v) is 17.5. The summed E-state index contributed by atoms with van der Waals surface area (Å²) in [6.07, 6.45) is 14.4. The van der Waals surface area contributed by atoms with Gasteiger partial charge >= 0.3 is 30.0 Å². The van der Waals surface area contributed by atoms with E-state index < -0.39 is 82.0 Å². The van der Waals surface area contributed by atoms with Gasteiger partial charge in [0, 0.05) is 54.1 Å². The summed E-state index contributed by atoms with van der Waals surface area (Å²) >= 11 is 17.3. The molecule has 0 radical (unpaired) electrons. The highest BCUT2D eigenvalue weighted by atomic mass is 35.5. The maximum absolute atomic E-state index is 14.1. The Bertz CT molecular complexity index is 3270. The van der Waals surface area contributed by atoms with Gasteiger partial charge in [-0.1, -0.05) is 73.2 Å². The van der Waals surface area contributed by atoms with Crippen molar-refractivity contribution in [3.8, 4) is 6.08 Å². The molecule has 2 aromatic carbocycles. The fraction of sp³-hybridized carbons (Fsp3) is 0.594. The van der Waals surface area contributed by atoms with Crippen LogP contribution in [0.4, 0.5) is 0 Å². The van der Waals surface area contributed by atoms with Gasteiger partial charge in [-0.3, -0.25) is 38.4 Å². The van der Waals surface area contributed by atoms with Crippen LogP contribution in [0.1, 0.15) is 157 Å². The molecule has 2 saturated carbocycles. The van der Waals surface area contributed by atoms with E-state index in [9.17, 15) is 53.7 Å². The summed E-state index contributed by atoms with van der Waals surface area (Å²) < 4.78 is 27.7. The van der Waals surface area contributed by atoms with Gasteiger partial charge in [0.1, 0.15) is 28.3 Å². The van der Waals surface area contributed by atoms with E-state index in [1.54, 1.807) is 77.9 Å². The summed E-state index contributed by atoms with van der Waals surface area (Å²) in [5.41, 5.74) is -1.33. The summed E-state index contributed by atoms with van der Waals surface area (Å²) in [4.78, 5) is 115. The van der Waals surface area contributed by atoms with E-state index in [0.29, 0.717) is 57.9 Å². The number of Topliss-reactive ketones (excluding diaryl/α,β-unsaturated/α-hetero) is 2. The molecule has 0 spiro atoms. The molecule has 87 heavy (non-hydrogen) atoms. The Kier molecular flexibility index (Phi) is 21.4. The fourth-order valence-electron chi connectivity index (χ4n) is 12.3. The average Bonchev–Trinajstić information content (AvgIpc) is 1.65. The van der Waals surface area contributed by atoms with Crippen molar-refractivity contribution in [1.82, 2.24) is 19.8 Å². The van der Waals surface area contributed by atoms with Crippen LogP contribution in [0.25, 0.3) is 22.2 Å². The lowest BCUT2D eigenvalue weighted by Gasteiger charge is -2.29. The molecule has 472 valence electrons. The lowest BCUT2D eigenvalue weighted by Crippen LogP contribution is -2.45. The van der Waals surface area contributed by atoms with Gasteiger partial charge in [-0.05, 0) is 153 Å². The second-order valence-corrected chi connectivity index (χ2v) is 27.2. The number of carbonyl (C=O) groups excluding carboxylic acids is 6. The Morgan fingerprint density at radius 3 is 1.57 bits per heavy atom. The topological polar surface area (TPSA) is 283 Å². The van der Waals surface area contributed by atoms with Crippen molar-refractivity contribution in [2.24, 2.45) is 34.5 Å². The predicted molar refractivity (Wildman–Crippen MR) is 322 cm³/mol. The Balaban J connectivity index is 0.000000196. The molecule has 0 unspecified atom stereocenters. The Labute approximate surface area is 520 Å². The van der Waals surface area contributed by atoms with Crippen LogP contribution in [0, 0.1) is 34.5 Å². The van der Waals surface area contributed by atoms with Gasteiger partial charge < -0.3 is 48.2 Å². The molecule has 2 aliphatic carbocycles. The number of ketones is 2. The highest BCUT2D eigenvalue weighted by molar-refractivity contribution is 6.31. The third kappa shape index (κ3) is 17.5. The number of esters is 2. The number of halogens is 3. The molecule has 23 heteroatoms. The molecule has 0 bridgehead atoms. The summed E-state index contributed by atoms with van der Waals surface area (Å²) in [6.45, 7) is 10.7. The molecule has 20 nitrogen and oxygen atoms in total. The van der Waals surface area contributed by atoms with Crippen molar-refractivity contribution in [2.45, 2.75) is 193 Å². The van der Waals surface area contributed by atoms with E-state index in [2.05, 4.69) is 9.97 Å². The summed E-state index contributed by atoms with van der Waals surface area (Å²) in [5, 5.41) is 31.4. The minimum absolute atomic E-state index is 0.00962. The van der Waals surface area contributed by atoms with Crippen LogP contribution in [0.2, 0.25) is 15.4 Å². The van der Waals surface area contributed by atoms with Gasteiger partial charge in [0.05, 0.1) is 48.4 Å². The first-order valence-electron chi connectivity index (χ1n) is 30.1. The molecule has 3 N–H and O–H groups in total. The van der Waals surface area contributed by atoms with Crippen molar-refractivity contribution in [2.75, 3.05) is 13.1 Å². The van der Waals surface area contributed by atoms with Gasteiger partial charge in [0.15, 0.2) is 22.7 Å². The number of aliphatic hydroxyl groups is 1. The molecule has 4 fully saturated rings. The Morgan fingerprint density at radius 2 is 1.09 bits per heavy atom. The number of aliphatic hydroxyl groups excluding tert-OH is 1. The number of nitrogens with zero attached hydrogens (tertiary/aromatic N) is 4. The van der Waals surface area contributed by atoms with Gasteiger partial charge in [-0.2, -0.15) is 9.97 Å². The van der Waals surface area contributed by atoms with E-state index in [1.165, 1.54) is 9.80 Å². The highest BCUT2D eigenvalue weighted by Gasteiger charge is 2.62. The first kappa shape index (κ1) is 66.6. The van der Waals surface area contributed by atoms with E-state index in [0.717, 1.165) is 51.4 Å². The number of fused-ring (bicyclic) bond motifs is 6. The van der Waals surface area contributed by atoms with E-state index in [-0.39, 0.29) is 98.3 Å². The molecule has 4 aliphatic heterocycles. The number of amides is 2. The van der Waals surface area contributed by atoms with Crippen LogP contribution in [-0.2, 0) is 47.8 Å². The molecule has 6 aliphatic rings. The number of carboxylic acid groups (broad SMARTS) is 2. The molecular weight excluding hydrogens is 1190 g/mol. The zero-order chi connectivity index (χ0) is 63.2. The normalized spacial score (nSPS) is 28.9. The highest BCUT2D eigenvalue weighted by Crippen LogP contribution is 2.58. The standard InChI is InChI=1S/C32H39ClN2O8.C25H37NO7.C7H3Cl2NO/c1-31(2,3)43-27(37)13-19-9-7-5-4-6-8-10-20-16-32(20,29(39)40)17-25(36)24-15-22(18-35(24)28(19)38)41-30-34-23-14-21(33)11-12-26(23)42-30;1-24(2,3)33-21(29)11-16-9-7-5-4-6-8-10-17-13-25(17,23(31)32)14-20(28)19-12-18(27)15-26(19)22(16)30;8-4-1-2-6-5(3-4)10-7(9)11-6/h8,10-12,14,19-20,22,24H,4-7,9,13,15-18H2,1-3H3,(H,39,40);8,10,16-19,27H,4-7,9,11-15H2,1-3H3,(H,31,32);1-3H/b2*10-8-;/t19-,20-,22-,24+,32-;16-,17-,18-,19+,25-;/m11./s1. The maximum atomic E-state index is 14.1. The Hall–Kier alpha value is -6.35. The summed E-state index contributed by atoms with van der Waals surface area (Å²) in [7, 11) is 0. The average molecular weight is 1270 g/mol. The number of aliphatic carboxylic acids is 2. The van der Waals surface area contributed by atoms with Crippen LogP contribution in [0.3, 0.4) is 0 Å². The largest absolute Gasteiger partial charge is 0.481 e. The van der Waals surface area contributed by atoms with E-state index in [4.69, 9.17) is 57.8 Å². The van der Waals surface area contributed by atoms with Gasteiger partial charge in [0.2, 0.25) is 11.8 Å². The van der Waals surface area contributed by atoms with Crippen LogP contribution >= 0.6 is 34.8 Å². The Morgan fingerprint density at radius 1 is 0.632 bits per heavy atom. The maximum Gasteiger partial charge on any atom is 0.394 e. The monoisotopic (exact) mass is 1260 g/mol. The minimum atomic E-state index is -1.17. The summed E-state index contributed by atoms with van der Waals surface area (Å²) in [6, 6.07) is 8.40. The molecule has 10 rings (SSSR count). The predicted octanol–water partition coefficient (Wildman–Crippen LogP) is 11.7. The number of ether oxygens (including phenoxy) is 3. The molecule has 10 atom stereocenters. The first-order valence-corrected chi connectivity index (χ1v) is 31.2. The van der Waals surface area contributed by atoms with Gasteiger partial charge in [0.25, 0.3) is 5.35 Å². The number of hydrogen-bond donors (Lipinski definition) is 3. The van der Waals surface area contributed by atoms with Crippen molar-refractivity contribution >= 4 is 104 Å². The molecular formula is C64H79Cl3N4O16. The van der Waals surface area contributed by atoms with Gasteiger partial charge in [-0.25, -0.2) is 0 Å². The van der Waals surface area contributed by atoms with Crippen LogP contribution in [0.15, 0.2) is 69.5 Å². The first-order chi connectivity index (χ1) is 41.0. The number of carboxylic acids is 2. The van der Waals surface area contributed by atoms with Crippen molar-refractivity contribution in [1.29, 1.82) is 0 Å². The summed E-state index contributed by atoms with van der Waals surface area (Å²) in [5.74, 6) is -5.97. The number of allylic oxidation sites excluding steroid dienone is 4. The molecule has 4 aromatic rings. The number of oxazole rings is 2. The van der Waals surface area contributed by atoms with E-state index >= 15 is 0 Å². The number of rotatable bonds is 8. The van der Waals surface area contributed by atoms with Crippen molar-refractivity contribution in [3.63, 3.8) is 0 Å². The van der Waals surface area contributed by atoms with Crippen LogP contribution in [-0.4, -0.2) is 131 Å². The number of aromatic nitrogens is 2. The molecule has 2 aromatic heterocycles. The SMILES string of the molecule is CC(C)(C)OC(=O)C[C@H]1CCCCC/C=C\[C@@H]2C[C@@]2(C(=O)O)CC(=O)[C@@H]2C[C@@H](O)CN2C1=O.CC(C)(C)OC(=O)C[C@H]1CCCCC/C=C\[C@@H]2C[C@@]2(C(=O)O)CC(=O)[C@@H]2C[C@@H](Oc3nc4cc(Cl)ccc4o3)CN2C1=O.Clc1ccc2oc(Cl)nc2c1. The van der Waals surface area contributed by atoms with Crippen molar-refractivity contribution < 1.29 is 76.7 Å². The number of benzene rings is 2. The lowest BCUT2D eigenvalue weighted by atomic mass is 9.91. The minimum Gasteiger partial charge on any atom is -0.481 e. The van der Waals surface area contributed by atoms with Crippen LogP contribution < -0.4 is 4.74 Å². The second-order valence-electron chi connectivity index (χ2n) is 26.0. The molecule has 2 saturated heterocycles. The zero-order valence-electron chi connectivity index (χ0n) is 50.1. The van der Waals surface area contributed by atoms with Crippen molar-refractivity contribution in [3.05, 3.63) is 76.1 Å². The lowest BCUT2D eigenvalue weighted by molar-refractivity contribution is -0.159. The molecule has 6 heterocycles. The number of hydrogen-bond acceptors (Lipinski definition) is 16. The zero-order valence-corrected chi connectivity index (χ0v) is 52.4. The molecule has 2 amide bonds. The second kappa shape index (κ2) is 28.0. The quantitative estimate of drug-likeness (QED) is 0.109. The fourth-order valence-corrected chi connectivity index (χ4v) is 12.8. The smallest absolute Gasteiger partial charge is 0.394 e.